The van der Waals surface area contributed by atoms with E-state index in [2.05, 4.69) is 41.7 Å². The van der Waals surface area contributed by atoms with E-state index >= 15 is 0 Å². The molecule has 0 bridgehead atoms. The molecule has 30 heavy (non-hydrogen) atoms. The Labute approximate surface area is 186 Å². The van der Waals surface area contributed by atoms with E-state index in [0.29, 0.717) is 17.9 Å². The number of H-pyrrole nitrogens is 1. The van der Waals surface area contributed by atoms with Crippen LogP contribution in [0.3, 0.4) is 0 Å². The van der Waals surface area contributed by atoms with E-state index in [9.17, 15) is 4.39 Å². The molecule has 0 amide bonds. The van der Waals surface area contributed by atoms with Crippen LogP contribution in [0.1, 0.15) is 18.4 Å². The predicted molar refractivity (Wildman–Crippen MR) is 120 cm³/mol. The molecule has 5 rings (SSSR count). The lowest BCUT2D eigenvalue weighted by Crippen LogP contribution is -2.16. The van der Waals surface area contributed by atoms with Gasteiger partial charge in [0.25, 0.3) is 0 Å². The summed E-state index contributed by atoms with van der Waals surface area (Å²) < 4.78 is 23.1. The first-order valence-corrected chi connectivity index (χ1v) is 11.6. The molecular formula is C22H20BrFN4OS. The van der Waals surface area contributed by atoms with E-state index in [1.54, 1.807) is 6.07 Å². The molecule has 1 N–H and O–H groups in total. The van der Waals surface area contributed by atoms with Crippen molar-refractivity contribution in [1.82, 2.24) is 19.7 Å². The van der Waals surface area contributed by atoms with Crippen LogP contribution in [0.2, 0.25) is 0 Å². The minimum Gasteiger partial charge on any atom is -0.376 e. The highest BCUT2D eigenvalue weighted by atomic mass is 79.9. The molecule has 0 aliphatic carbocycles. The number of fused-ring (bicyclic) bond motifs is 1. The minimum absolute atomic E-state index is 0.145. The van der Waals surface area contributed by atoms with Gasteiger partial charge in [0.1, 0.15) is 5.82 Å². The molecule has 8 heteroatoms. The van der Waals surface area contributed by atoms with E-state index < -0.39 is 0 Å². The zero-order valence-corrected chi connectivity index (χ0v) is 18.5. The Kier molecular flexibility index (Phi) is 5.62. The molecule has 4 aromatic rings. The van der Waals surface area contributed by atoms with Crippen LogP contribution in [0.25, 0.3) is 22.3 Å². The number of para-hydroxylation sites is 1. The third-order valence-corrected chi connectivity index (χ3v) is 6.83. The van der Waals surface area contributed by atoms with Gasteiger partial charge in [-0.3, -0.25) is 4.57 Å². The van der Waals surface area contributed by atoms with E-state index in [4.69, 9.17) is 4.74 Å². The van der Waals surface area contributed by atoms with Crippen LogP contribution in [0.15, 0.2) is 58.3 Å². The molecule has 5 nitrogen and oxygen atoms in total. The standard InChI is InChI=1S/C22H20BrFN4OS/c23-15-7-8-19(24)14(10-15)13-30-22-27-26-21(28(22)12-16-4-3-9-29-16)18-11-25-20-6-2-1-5-17(18)20/h1-2,5-8,10-11,16,25H,3-4,9,12-13H2. The monoisotopic (exact) mass is 486 g/mol. The zero-order valence-electron chi connectivity index (χ0n) is 16.1. The minimum atomic E-state index is -0.215. The Morgan fingerprint density at radius 1 is 1.23 bits per heavy atom. The van der Waals surface area contributed by atoms with Crippen LogP contribution < -0.4 is 0 Å². The smallest absolute Gasteiger partial charge is 0.191 e. The van der Waals surface area contributed by atoms with Crippen molar-refractivity contribution in [3.8, 4) is 11.4 Å². The molecule has 1 fully saturated rings. The van der Waals surface area contributed by atoms with Crippen LogP contribution in [0, 0.1) is 5.82 Å². The number of aromatic amines is 1. The summed E-state index contributed by atoms with van der Waals surface area (Å²) in [5, 5.41) is 10.9. The molecule has 2 aromatic carbocycles. The molecule has 1 unspecified atom stereocenters. The van der Waals surface area contributed by atoms with Crippen molar-refractivity contribution in [2.45, 2.75) is 36.4 Å². The lowest BCUT2D eigenvalue weighted by atomic mass is 10.1. The van der Waals surface area contributed by atoms with Gasteiger partial charge < -0.3 is 9.72 Å². The highest BCUT2D eigenvalue weighted by Gasteiger charge is 2.23. The fourth-order valence-electron chi connectivity index (χ4n) is 3.80. The molecule has 1 aliphatic heterocycles. The summed E-state index contributed by atoms with van der Waals surface area (Å²) in [6.07, 6.45) is 4.21. The summed E-state index contributed by atoms with van der Waals surface area (Å²) >= 11 is 4.91. The number of halogens is 2. The number of hydrogen-bond donors (Lipinski definition) is 1. The average Bonchev–Trinajstić information content (AvgIpc) is 3.49. The summed E-state index contributed by atoms with van der Waals surface area (Å²) in [5.41, 5.74) is 2.70. The van der Waals surface area contributed by atoms with Gasteiger partial charge in [0.15, 0.2) is 11.0 Å². The van der Waals surface area contributed by atoms with Crippen molar-refractivity contribution in [2.24, 2.45) is 0 Å². The molecule has 0 radical (unpaired) electrons. The SMILES string of the molecule is Fc1ccc(Br)cc1CSc1nnc(-c2c[nH]c3ccccc23)n1CC1CCCO1. The maximum Gasteiger partial charge on any atom is 0.191 e. The second-order valence-corrected chi connectivity index (χ2v) is 9.18. The number of nitrogens with one attached hydrogen (secondary N) is 1. The van der Waals surface area contributed by atoms with E-state index in [1.807, 2.05) is 30.5 Å². The first-order chi connectivity index (χ1) is 14.7. The van der Waals surface area contributed by atoms with Crippen molar-refractivity contribution >= 4 is 38.6 Å². The van der Waals surface area contributed by atoms with Crippen molar-refractivity contribution in [3.05, 3.63) is 64.5 Å². The predicted octanol–water partition coefficient (Wildman–Crippen LogP) is 5.80. The molecule has 1 atom stereocenters. The first kappa shape index (κ1) is 19.8. The average molecular weight is 487 g/mol. The number of nitrogens with zero attached hydrogens (tertiary/aromatic N) is 3. The van der Waals surface area contributed by atoms with Crippen LogP contribution >= 0.6 is 27.7 Å². The third-order valence-electron chi connectivity index (χ3n) is 5.32. The summed E-state index contributed by atoms with van der Waals surface area (Å²) in [7, 11) is 0. The van der Waals surface area contributed by atoms with E-state index in [0.717, 1.165) is 51.4 Å². The molecule has 154 valence electrons. The van der Waals surface area contributed by atoms with Crippen LogP contribution in [0.4, 0.5) is 4.39 Å². The number of aromatic nitrogens is 4. The highest BCUT2D eigenvalue weighted by Crippen LogP contribution is 2.32. The molecule has 1 aliphatic rings. The number of benzene rings is 2. The van der Waals surface area contributed by atoms with Gasteiger partial charge in [-0.15, -0.1) is 10.2 Å². The highest BCUT2D eigenvalue weighted by molar-refractivity contribution is 9.10. The number of rotatable bonds is 6. The fourth-order valence-corrected chi connectivity index (χ4v) is 5.13. The van der Waals surface area contributed by atoms with Crippen molar-refractivity contribution in [3.63, 3.8) is 0 Å². The van der Waals surface area contributed by atoms with Crippen LogP contribution in [0.5, 0.6) is 0 Å². The second-order valence-electron chi connectivity index (χ2n) is 7.32. The molecule has 3 heterocycles. The summed E-state index contributed by atoms with van der Waals surface area (Å²) in [6, 6.07) is 13.2. The summed E-state index contributed by atoms with van der Waals surface area (Å²) in [6.45, 7) is 1.48. The van der Waals surface area contributed by atoms with Crippen molar-refractivity contribution < 1.29 is 9.13 Å². The van der Waals surface area contributed by atoms with Gasteiger partial charge >= 0.3 is 0 Å². The Morgan fingerprint density at radius 2 is 2.13 bits per heavy atom. The number of hydrogen-bond acceptors (Lipinski definition) is 4. The number of thioether (sulfide) groups is 1. The van der Waals surface area contributed by atoms with Crippen molar-refractivity contribution in [1.29, 1.82) is 0 Å². The number of ether oxygens (including phenoxy) is 1. The fraction of sp³-hybridized carbons (Fsp3) is 0.273. The van der Waals surface area contributed by atoms with Crippen LogP contribution in [-0.4, -0.2) is 32.5 Å². The molecule has 1 saturated heterocycles. The maximum absolute atomic E-state index is 14.2. The van der Waals surface area contributed by atoms with Gasteiger partial charge in [-0.05, 0) is 42.7 Å². The van der Waals surface area contributed by atoms with Gasteiger partial charge in [0.05, 0.1) is 12.6 Å². The second kappa shape index (κ2) is 8.53. The molecule has 0 spiro atoms. The van der Waals surface area contributed by atoms with Crippen molar-refractivity contribution in [2.75, 3.05) is 6.61 Å². The quantitative estimate of drug-likeness (QED) is 0.350. The molecule has 2 aromatic heterocycles. The molecular weight excluding hydrogens is 467 g/mol. The van der Waals surface area contributed by atoms with Gasteiger partial charge in [-0.25, -0.2) is 4.39 Å². The lowest BCUT2D eigenvalue weighted by molar-refractivity contribution is 0.0953. The third kappa shape index (κ3) is 3.91. The van der Waals surface area contributed by atoms with Gasteiger partial charge in [0.2, 0.25) is 0 Å². The Bertz CT molecular complexity index is 1190. The Hall–Kier alpha value is -2.16. The van der Waals surface area contributed by atoms with E-state index in [-0.39, 0.29) is 11.9 Å². The summed E-state index contributed by atoms with van der Waals surface area (Å²) in [5.74, 6) is 1.07. The van der Waals surface area contributed by atoms with Crippen LogP contribution in [-0.2, 0) is 17.0 Å². The first-order valence-electron chi connectivity index (χ1n) is 9.87. The summed E-state index contributed by atoms with van der Waals surface area (Å²) in [4.78, 5) is 3.31. The molecule has 0 saturated carbocycles. The maximum atomic E-state index is 14.2. The van der Waals surface area contributed by atoms with Gasteiger partial charge in [-0.2, -0.15) is 0 Å². The van der Waals surface area contributed by atoms with Gasteiger partial charge in [0, 0.05) is 39.5 Å². The Balaban J connectivity index is 1.50. The lowest BCUT2D eigenvalue weighted by Gasteiger charge is -2.14. The van der Waals surface area contributed by atoms with E-state index in [1.165, 1.54) is 17.8 Å². The largest absolute Gasteiger partial charge is 0.376 e. The zero-order chi connectivity index (χ0) is 20.5. The Morgan fingerprint density at radius 3 is 3.00 bits per heavy atom. The topological polar surface area (TPSA) is 55.7 Å². The normalized spacial score (nSPS) is 16.5. The van der Waals surface area contributed by atoms with Gasteiger partial charge in [-0.1, -0.05) is 45.9 Å².